The van der Waals surface area contributed by atoms with Gasteiger partial charge in [-0.2, -0.15) is 0 Å². The maximum Gasteiger partial charge on any atom is 0.256 e. The predicted octanol–water partition coefficient (Wildman–Crippen LogP) is 2.59. The van der Waals surface area contributed by atoms with Crippen molar-refractivity contribution in [3.8, 4) is 0 Å². The third-order valence-electron chi connectivity index (χ3n) is 4.98. The molecule has 0 spiro atoms. The quantitative estimate of drug-likeness (QED) is 0.872. The number of hydrogen-bond acceptors (Lipinski definition) is 4. The number of rotatable bonds is 1. The third-order valence-corrected chi connectivity index (χ3v) is 4.98. The van der Waals surface area contributed by atoms with Crippen LogP contribution in [0.2, 0.25) is 0 Å². The fourth-order valence-electron chi connectivity index (χ4n) is 3.18. The summed E-state index contributed by atoms with van der Waals surface area (Å²) < 4.78 is 14.0. The maximum atomic E-state index is 14.0. The van der Waals surface area contributed by atoms with Crippen LogP contribution in [-0.2, 0) is 0 Å². The van der Waals surface area contributed by atoms with E-state index < -0.39 is 5.82 Å². The number of piperidine rings is 1. The normalized spacial score (nSPS) is 20.4. The number of aromatic nitrogens is 2. The highest BCUT2D eigenvalue weighted by molar-refractivity contribution is 6.04. The van der Waals surface area contributed by atoms with Crippen LogP contribution in [0, 0.1) is 25.1 Å². The SMILES string of the molecule is Cc1nc2cc(F)cc(C(=O)N3CCC(N)C(C)(C)C3)c2nc1C. The Balaban J connectivity index is 2.05. The first-order chi connectivity index (χ1) is 11.2. The Morgan fingerprint density at radius 3 is 2.62 bits per heavy atom. The first-order valence-electron chi connectivity index (χ1n) is 8.18. The Bertz CT molecular complexity index is 818. The van der Waals surface area contributed by atoms with E-state index >= 15 is 0 Å². The molecule has 1 fully saturated rings. The molecule has 2 N–H and O–H groups in total. The lowest BCUT2D eigenvalue weighted by Crippen LogP contribution is -2.54. The summed E-state index contributed by atoms with van der Waals surface area (Å²) >= 11 is 0. The van der Waals surface area contributed by atoms with E-state index in [1.165, 1.54) is 12.1 Å². The van der Waals surface area contributed by atoms with E-state index in [2.05, 4.69) is 9.97 Å². The number of likely N-dealkylation sites (tertiary alicyclic amines) is 1. The van der Waals surface area contributed by atoms with Crippen molar-refractivity contribution >= 4 is 16.9 Å². The van der Waals surface area contributed by atoms with E-state index in [9.17, 15) is 9.18 Å². The molecule has 1 unspecified atom stereocenters. The maximum absolute atomic E-state index is 14.0. The minimum Gasteiger partial charge on any atom is -0.338 e. The zero-order chi connectivity index (χ0) is 17.6. The summed E-state index contributed by atoms with van der Waals surface area (Å²) in [5, 5.41) is 0. The molecule has 1 aromatic heterocycles. The van der Waals surface area contributed by atoms with E-state index in [0.717, 1.165) is 17.8 Å². The van der Waals surface area contributed by atoms with E-state index in [-0.39, 0.29) is 22.9 Å². The van der Waals surface area contributed by atoms with Crippen LogP contribution in [-0.4, -0.2) is 39.9 Å². The van der Waals surface area contributed by atoms with E-state index in [4.69, 9.17) is 5.73 Å². The largest absolute Gasteiger partial charge is 0.338 e. The highest BCUT2D eigenvalue weighted by Gasteiger charge is 2.36. The molecular weight excluding hydrogens is 307 g/mol. The molecule has 1 atom stereocenters. The van der Waals surface area contributed by atoms with Gasteiger partial charge >= 0.3 is 0 Å². The first-order valence-corrected chi connectivity index (χ1v) is 8.18. The Labute approximate surface area is 141 Å². The number of benzene rings is 1. The van der Waals surface area contributed by atoms with Gasteiger partial charge in [0, 0.05) is 25.2 Å². The number of aryl methyl sites for hydroxylation is 2. The number of nitrogens with zero attached hydrogens (tertiary/aromatic N) is 3. The topological polar surface area (TPSA) is 72.1 Å². The second-order valence-corrected chi connectivity index (χ2v) is 7.33. The second-order valence-electron chi connectivity index (χ2n) is 7.33. The standard InChI is InChI=1S/C18H23FN4O/c1-10-11(2)22-16-13(7-12(19)8-14(16)21-10)17(24)23-6-5-15(20)18(3,4)9-23/h7-8,15H,5-6,9,20H2,1-4H3. The van der Waals surface area contributed by atoms with Gasteiger partial charge in [-0.3, -0.25) is 4.79 Å². The summed E-state index contributed by atoms with van der Waals surface area (Å²) in [5.41, 5.74) is 8.58. The Kier molecular flexibility index (Phi) is 4.03. The smallest absolute Gasteiger partial charge is 0.256 e. The third kappa shape index (κ3) is 2.86. The van der Waals surface area contributed by atoms with Crippen molar-refractivity contribution in [3.05, 3.63) is 34.9 Å². The Hall–Kier alpha value is -2.08. The Morgan fingerprint density at radius 1 is 1.29 bits per heavy atom. The molecule has 2 heterocycles. The van der Waals surface area contributed by atoms with Gasteiger partial charge in [-0.25, -0.2) is 14.4 Å². The molecule has 1 aliphatic heterocycles. The highest BCUT2D eigenvalue weighted by Crippen LogP contribution is 2.29. The molecular formula is C18H23FN4O. The van der Waals surface area contributed by atoms with Gasteiger partial charge in [-0.1, -0.05) is 13.8 Å². The zero-order valence-electron chi connectivity index (χ0n) is 14.6. The number of fused-ring (bicyclic) bond motifs is 1. The number of carbonyl (C=O) groups is 1. The Morgan fingerprint density at radius 2 is 1.96 bits per heavy atom. The van der Waals surface area contributed by atoms with Crippen LogP contribution in [0.5, 0.6) is 0 Å². The lowest BCUT2D eigenvalue weighted by atomic mass is 9.79. The van der Waals surface area contributed by atoms with E-state index in [1.807, 2.05) is 27.7 Å². The molecule has 128 valence electrons. The summed E-state index contributed by atoms with van der Waals surface area (Å²) in [5.74, 6) is -0.687. The highest BCUT2D eigenvalue weighted by atomic mass is 19.1. The molecule has 1 aromatic carbocycles. The van der Waals surface area contributed by atoms with Crippen LogP contribution < -0.4 is 5.73 Å². The molecule has 0 saturated carbocycles. The molecule has 0 bridgehead atoms. The molecule has 2 aromatic rings. The van der Waals surface area contributed by atoms with Gasteiger partial charge in [0.2, 0.25) is 0 Å². The second kappa shape index (κ2) is 5.77. The number of carbonyl (C=O) groups excluding carboxylic acids is 1. The zero-order valence-corrected chi connectivity index (χ0v) is 14.6. The number of halogens is 1. The van der Waals surface area contributed by atoms with Crippen LogP contribution in [0.25, 0.3) is 11.0 Å². The first kappa shape index (κ1) is 16.8. The molecule has 1 aliphatic rings. The van der Waals surface area contributed by atoms with Crippen LogP contribution >= 0.6 is 0 Å². The van der Waals surface area contributed by atoms with E-state index in [1.54, 1.807) is 4.90 Å². The summed E-state index contributed by atoms with van der Waals surface area (Å²) in [4.78, 5) is 23.6. The van der Waals surface area contributed by atoms with Gasteiger partial charge in [-0.05, 0) is 31.7 Å². The minimum absolute atomic E-state index is 0.0514. The number of hydrogen-bond donors (Lipinski definition) is 1. The van der Waals surface area contributed by atoms with Crippen LogP contribution in [0.4, 0.5) is 4.39 Å². The van der Waals surface area contributed by atoms with Gasteiger partial charge < -0.3 is 10.6 Å². The van der Waals surface area contributed by atoms with Crippen LogP contribution in [0.15, 0.2) is 12.1 Å². The summed E-state index contributed by atoms with van der Waals surface area (Å²) in [6.45, 7) is 8.87. The number of nitrogens with two attached hydrogens (primary N) is 1. The molecule has 5 nitrogen and oxygen atoms in total. The van der Waals surface area contributed by atoms with Crippen molar-refractivity contribution < 1.29 is 9.18 Å². The summed E-state index contributed by atoms with van der Waals surface area (Å²) in [6, 6.07) is 2.63. The van der Waals surface area contributed by atoms with Crippen molar-refractivity contribution in [1.29, 1.82) is 0 Å². The summed E-state index contributed by atoms with van der Waals surface area (Å²) in [7, 11) is 0. The van der Waals surface area contributed by atoms with Crippen molar-refractivity contribution in [2.45, 2.75) is 40.2 Å². The molecule has 24 heavy (non-hydrogen) atoms. The number of amides is 1. The molecule has 1 amide bonds. The molecule has 6 heteroatoms. The molecule has 0 aliphatic carbocycles. The van der Waals surface area contributed by atoms with E-state index in [0.29, 0.717) is 24.1 Å². The lowest BCUT2D eigenvalue weighted by molar-refractivity contribution is 0.0534. The van der Waals surface area contributed by atoms with Crippen molar-refractivity contribution in [2.24, 2.45) is 11.1 Å². The van der Waals surface area contributed by atoms with Gasteiger partial charge in [0.1, 0.15) is 11.3 Å². The monoisotopic (exact) mass is 330 g/mol. The average Bonchev–Trinajstić information content (AvgIpc) is 2.50. The summed E-state index contributed by atoms with van der Waals surface area (Å²) in [6.07, 6.45) is 0.732. The van der Waals surface area contributed by atoms with Crippen LogP contribution in [0.3, 0.4) is 0 Å². The predicted molar refractivity (Wildman–Crippen MR) is 91.2 cm³/mol. The fraction of sp³-hybridized carbons (Fsp3) is 0.500. The van der Waals surface area contributed by atoms with Gasteiger partial charge in [0.15, 0.2) is 0 Å². The lowest BCUT2D eigenvalue weighted by Gasteiger charge is -2.42. The molecule has 3 rings (SSSR count). The van der Waals surface area contributed by atoms with Gasteiger partial charge in [0.25, 0.3) is 5.91 Å². The van der Waals surface area contributed by atoms with Crippen LogP contribution in [0.1, 0.15) is 42.0 Å². The minimum atomic E-state index is -0.476. The average molecular weight is 330 g/mol. The molecule has 0 radical (unpaired) electrons. The van der Waals surface area contributed by atoms with Gasteiger partial charge in [-0.15, -0.1) is 0 Å². The van der Waals surface area contributed by atoms with Crippen molar-refractivity contribution in [3.63, 3.8) is 0 Å². The fourth-order valence-corrected chi connectivity index (χ4v) is 3.18. The van der Waals surface area contributed by atoms with Crippen molar-refractivity contribution in [1.82, 2.24) is 14.9 Å². The molecule has 1 saturated heterocycles. The van der Waals surface area contributed by atoms with Crippen molar-refractivity contribution in [2.75, 3.05) is 13.1 Å². The van der Waals surface area contributed by atoms with Gasteiger partial charge in [0.05, 0.1) is 22.5 Å².